The summed E-state index contributed by atoms with van der Waals surface area (Å²) in [5.41, 5.74) is 0.437. The highest BCUT2D eigenvalue weighted by Crippen LogP contribution is 2.09. The molecule has 0 bridgehead atoms. The van der Waals surface area contributed by atoms with Gasteiger partial charge in [-0.2, -0.15) is 0 Å². The highest BCUT2D eigenvalue weighted by Gasteiger charge is 2.23. The average Bonchev–Trinajstić information content (AvgIpc) is 2.66. The second kappa shape index (κ2) is 13.2. The van der Waals surface area contributed by atoms with Gasteiger partial charge in [0, 0.05) is 13.1 Å². The van der Waals surface area contributed by atoms with E-state index < -0.39 is 11.7 Å². The van der Waals surface area contributed by atoms with Gasteiger partial charge in [-0.15, -0.1) is 0 Å². The van der Waals surface area contributed by atoms with Crippen molar-refractivity contribution in [2.24, 2.45) is 0 Å². The van der Waals surface area contributed by atoms with E-state index in [0.29, 0.717) is 13.1 Å². The lowest BCUT2D eigenvalue weighted by Gasteiger charge is -2.28. The number of nitrogens with zero attached hydrogens (tertiary/aromatic N) is 1. The van der Waals surface area contributed by atoms with Gasteiger partial charge in [-0.3, -0.25) is 9.69 Å². The van der Waals surface area contributed by atoms with Crippen LogP contribution in [0.25, 0.3) is 0 Å². The Morgan fingerprint density at radius 1 is 1.07 bits per heavy atom. The number of carbonyl (C=O) groups excluding carboxylic acids is 2. The van der Waals surface area contributed by atoms with E-state index in [0.717, 1.165) is 31.4 Å². The van der Waals surface area contributed by atoms with Gasteiger partial charge in [0.2, 0.25) is 0 Å². The van der Waals surface area contributed by atoms with Gasteiger partial charge >= 0.3 is 12.1 Å². The largest absolute Gasteiger partial charge is 0.460 e. The second-order valence-electron chi connectivity index (χ2n) is 8.29. The minimum absolute atomic E-state index is 0.249. The normalized spacial score (nSPS) is 12.5. The fourth-order valence-corrected chi connectivity index (χ4v) is 2.85. The van der Waals surface area contributed by atoms with E-state index in [4.69, 9.17) is 9.47 Å². The van der Waals surface area contributed by atoms with Crippen LogP contribution in [0.4, 0.5) is 4.79 Å². The summed E-state index contributed by atoms with van der Waals surface area (Å²) in [7, 11) is 0. The maximum absolute atomic E-state index is 12.6. The van der Waals surface area contributed by atoms with Crippen molar-refractivity contribution in [2.75, 3.05) is 19.6 Å². The second-order valence-corrected chi connectivity index (χ2v) is 8.29. The van der Waals surface area contributed by atoms with Crippen LogP contribution in [-0.2, 0) is 20.9 Å². The van der Waals surface area contributed by atoms with Crippen LogP contribution < -0.4 is 5.32 Å². The molecule has 1 aromatic carbocycles. The summed E-state index contributed by atoms with van der Waals surface area (Å²) in [6, 6.07) is 9.28. The summed E-state index contributed by atoms with van der Waals surface area (Å²) < 4.78 is 10.8. The number of nitrogens with one attached hydrogen (secondary N) is 1. The van der Waals surface area contributed by atoms with Crippen molar-refractivity contribution in [3.05, 3.63) is 35.9 Å². The molecule has 0 heterocycles. The molecule has 0 radical (unpaired) electrons. The molecule has 0 aromatic heterocycles. The fourth-order valence-electron chi connectivity index (χ4n) is 2.85. The highest BCUT2D eigenvalue weighted by atomic mass is 16.6. The highest BCUT2D eigenvalue weighted by molar-refractivity contribution is 5.75. The van der Waals surface area contributed by atoms with Gasteiger partial charge in [0.05, 0.1) is 0 Å². The lowest BCUT2D eigenvalue weighted by atomic mass is 10.1. The van der Waals surface area contributed by atoms with Crippen molar-refractivity contribution >= 4 is 12.1 Å². The number of benzene rings is 1. The van der Waals surface area contributed by atoms with Crippen LogP contribution in [0, 0.1) is 0 Å². The SMILES string of the molecule is CCCCCCN(CCNC(=O)OC(C)(C)C)C(C)C(=O)OCc1ccccc1. The molecule has 0 aliphatic carbocycles. The molecule has 0 saturated heterocycles. The fraction of sp³-hybridized carbons (Fsp3) is 0.652. The number of alkyl carbamates (subject to hydrolysis) is 1. The third kappa shape index (κ3) is 11.5. The predicted molar refractivity (Wildman–Crippen MR) is 116 cm³/mol. The maximum Gasteiger partial charge on any atom is 0.407 e. The molecular formula is C23H38N2O4. The zero-order valence-corrected chi connectivity index (χ0v) is 18.7. The van der Waals surface area contributed by atoms with Crippen LogP contribution in [0.5, 0.6) is 0 Å². The quantitative estimate of drug-likeness (QED) is 0.408. The molecule has 0 fully saturated rings. The zero-order chi connectivity index (χ0) is 21.7. The predicted octanol–water partition coefficient (Wildman–Crippen LogP) is 4.53. The molecule has 6 nitrogen and oxygen atoms in total. The molecular weight excluding hydrogens is 368 g/mol. The number of hydrogen-bond donors (Lipinski definition) is 1. The standard InChI is InChI=1S/C23H38N2O4/c1-6-7-8-12-16-25(17-15-24-22(27)29-23(3,4)5)19(2)21(26)28-18-20-13-10-9-11-14-20/h9-11,13-14,19H,6-8,12,15-18H2,1-5H3,(H,24,27). The monoisotopic (exact) mass is 406 g/mol. The third-order valence-corrected chi connectivity index (χ3v) is 4.48. The number of amides is 1. The summed E-state index contributed by atoms with van der Waals surface area (Å²) in [4.78, 5) is 26.5. The minimum Gasteiger partial charge on any atom is -0.460 e. The smallest absolute Gasteiger partial charge is 0.407 e. The topological polar surface area (TPSA) is 67.9 Å². The summed E-state index contributed by atoms with van der Waals surface area (Å²) >= 11 is 0. The molecule has 0 aliphatic heterocycles. The average molecular weight is 407 g/mol. The number of rotatable bonds is 12. The molecule has 0 aliphatic rings. The molecule has 29 heavy (non-hydrogen) atoms. The molecule has 0 saturated carbocycles. The van der Waals surface area contributed by atoms with E-state index in [2.05, 4.69) is 17.1 Å². The van der Waals surface area contributed by atoms with Gasteiger partial charge in [-0.25, -0.2) is 4.79 Å². The van der Waals surface area contributed by atoms with Gasteiger partial charge < -0.3 is 14.8 Å². The van der Waals surface area contributed by atoms with Crippen LogP contribution >= 0.6 is 0 Å². The van der Waals surface area contributed by atoms with Crippen LogP contribution in [0.1, 0.15) is 65.9 Å². The summed E-state index contributed by atoms with van der Waals surface area (Å²) in [6.07, 6.45) is 4.03. The number of esters is 1. The maximum atomic E-state index is 12.6. The van der Waals surface area contributed by atoms with Gasteiger partial charge in [-0.1, -0.05) is 56.5 Å². The Kier molecular flexibility index (Phi) is 11.4. The van der Waals surface area contributed by atoms with Crippen molar-refractivity contribution in [3.8, 4) is 0 Å². The Balaban J connectivity index is 2.54. The Hall–Kier alpha value is -2.08. The molecule has 6 heteroatoms. The Morgan fingerprint density at radius 3 is 2.38 bits per heavy atom. The van der Waals surface area contributed by atoms with Crippen molar-refractivity contribution < 1.29 is 19.1 Å². The Bertz CT molecular complexity index is 599. The Labute approximate surface area is 175 Å². The van der Waals surface area contributed by atoms with E-state index in [1.807, 2.05) is 58.0 Å². The summed E-state index contributed by atoms with van der Waals surface area (Å²) in [5.74, 6) is -0.249. The van der Waals surface area contributed by atoms with Gasteiger partial charge in [0.1, 0.15) is 18.2 Å². The lowest BCUT2D eigenvalue weighted by molar-refractivity contribution is -0.150. The van der Waals surface area contributed by atoms with Crippen LogP contribution in [0.15, 0.2) is 30.3 Å². The molecule has 1 atom stereocenters. The first kappa shape index (κ1) is 25.0. The first-order chi connectivity index (χ1) is 13.7. The molecule has 1 rings (SSSR count). The molecule has 1 unspecified atom stereocenters. The number of carbonyl (C=O) groups is 2. The van der Waals surface area contributed by atoms with Gasteiger partial charge in [-0.05, 0) is 46.2 Å². The van der Waals surface area contributed by atoms with Crippen molar-refractivity contribution in [1.29, 1.82) is 0 Å². The minimum atomic E-state index is -0.529. The lowest BCUT2D eigenvalue weighted by Crippen LogP contribution is -2.45. The van der Waals surface area contributed by atoms with E-state index >= 15 is 0 Å². The Morgan fingerprint density at radius 2 is 1.76 bits per heavy atom. The molecule has 164 valence electrons. The molecule has 1 N–H and O–H groups in total. The third-order valence-electron chi connectivity index (χ3n) is 4.48. The first-order valence-corrected chi connectivity index (χ1v) is 10.6. The van der Waals surface area contributed by atoms with Gasteiger partial charge in [0.25, 0.3) is 0 Å². The molecule has 1 aromatic rings. The van der Waals surface area contributed by atoms with Gasteiger partial charge in [0.15, 0.2) is 0 Å². The van der Waals surface area contributed by atoms with E-state index in [-0.39, 0.29) is 18.6 Å². The first-order valence-electron chi connectivity index (χ1n) is 10.6. The van der Waals surface area contributed by atoms with E-state index in [1.165, 1.54) is 6.42 Å². The number of ether oxygens (including phenoxy) is 2. The van der Waals surface area contributed by atoms with Crippen LogP contribution in [-0.4, -0.2) is 48.2 Å². The number of unbranched alkanes of at least 4 members (excludes halogenated alkanes) is 3. The summed E-state index contributed by atoms with van der Waals surface area (Å²) in [6.45, 7) is 11.6. The molecule has 0 spiro atoms. The van der Waals surface area contributed by atoms with Crippen molar-refractivity contribution in [2.45, 2.75) is 78.6 Å². The van der Waals surface area contributed by atoms with Crippen LogP contribution in [0.2, 0.25) is 0 Å². The van der Waals surface area contributed by atoms with Crippen LogP contribution in [0.3, 0.4) is 0 Å². The van der Waals surface area contributed by atoms with Crippen molar-refractivity contribution in [3.63, 3.8) is 0 Å². The van der Waals surface area contributed by atoms with E-state index in [1.54, 1.807) is 0 Å². The van der Waals surface area contributed by atoms with E-state index in [9.17, 15) is 9.59 Å². The molecule has 1 amide bonds. The zero-order valence-electron chi connectivity index (χ0n) is 18.7. The number of hydrogen-bond acceptors (Lipinski definition) is 5. The van der Waals surface area contributed by atoms with Crippen molar-refractivity contribution in [1.82, 2.24) is 10.2 Å². The summed E-state index contributed by atoms with van der Waals surface area (Å²) in [5, 5.41) is 2.77.